The van der Waals surface area contributed by atoms with E-state index in [1.54, 1.807) is 24.4 Å². The molecule has 3 amide bonds. The van der Waals surface area contributed by atoms with E-state index in [4.69, 9.17) is 20.2 Å². The number of rotatable bonds is 13. The molecule has 55 heavy (non-hydrogen) atoms. The summed E-state index contributed by atoms with van der Waals surface area (Å²) in [6, 6.07) is 11.0. The molecule has 3 aliphatic rings. The Morgan fingerprint density at radius 1 is 1.07 bits per heavy atom. The molecule has 3 aromatic rings. The molecule has 290 valence electrons. The van der Waals surface area contributed by atoms with Crippen LogP contribution in [-0.4, -0.2) is 84.2 Å². The van der Waals surface area contributed by atoms with E-state index < -0.39 is 23.8 Å². The summed E-state index contributed by atoms with van der Waals surface area (Å²) in [7, 11) is 1.40. The van der Waals surface area contributed by atoms with Gasteiger partial charge < -0.3 is 30.7 Å². The van der Waals surface area contributed by atoms with Crippen molar-refractivity contribution in [3.05, 3.63) is 95.5 Å². The van der Waals surface area contributed by atoms with E-state index >= 15 is 0 Å². The summed E-state index contributed by atoms with van der Waals surface area (Å²) in [5.74, 6) is -0.398. The maximum absolute atomic E-state index is 13.1. The summed E-state index contributed by atoms with van der Waals surface area (Å²) in [5.41, 5.74) is 8.18. The van der Waals surface area contributed by atoms with E-state index in [9.17, 15) is 27.6 Å². The smallest absolute Gasteiger partial charge is 0.433 e. The van der Waals surface area contributed by atoms with Crippen LogP contribution in [0.3, 0.4) is 0 Å². The summed E-state index contributed by atoms with van der Waals surface area (Å²) in [5, 5.41) is 5.32. The lowest BCUT2D eigenvalue weighted by Crippen LogP contribution is -2.49. The number of hydrogen-bond donors (Lipinski definition) is 3. The van der Waals surface area contributed by atoms with Crippen LogP contribution in [0.15, 0.2) is 72.4 Å². The van der Waals surface area contributed by atoms with Gasteiger partial charge in [-0.15, -0.1) is 0 Å². The van der Waals surface area contributed by atoms with Crippen molar-refractivity contribution in [3.63, 3.8) is 0 Å². The third kappa shape index (κ3) is 9.16. The zero-order chi connectivity index (χ0) is 39.3. The molecule has 4 heterocycles. The van der Waals surface area contributed by atoms with Gasteiger partial charge in [0.15, 0.2) is 0 Å². The molecule has 1 unspecified atom stereocenters. The predicted molar refractivity (Wildman–Crippen MR) is 203 cm³/mol. The number of halogens is 3. The largest absolute Gasteiger partial charge is 0.494 e. The molecule has 1 atom stereocenters. The van der Waals surface area contributed by atoms with Crippen molar-refractivity contribution in [2.45, 2.75) is 63.2 Å². The monoisotopic (exact) mass is 759 g/mol. The van der Waals surface area contributed by atoms with Gasteiger partial charge in [-0.3, -0.25) is 24.3 Å². The first-order valence-electron chi connectivity index (χ1n) is 18.2. The zero-order valence-electron chi connectivity index (χ0n) is 30.6. The van der Waals surface area contributed by atoms with Crippen molar-refractivity contribution in [2.24, 2.45) is 4.99 Å². The lowest BCUT2D eigenvalue weighted by molar-refractivity contribution is -0.141. The number of nitrogens with two attached hydrogens (primary N) is 1. The van der Waals surface area contributed by atoms with Crippen LogP contribution in [0.5, 0.6) is 11.5 Å². The molecule has 1 aromatic heterocycles. The maximum atomic E-state index is 13.1. The molecule has 4 N–H and O–H groups in total. The molecule has 2 fully saturated rings. The minimum Gasteiger partial charge on any atom is -0.494 e. The summed E-state index contributed by atoms with van der Waals surface area (Å²) < 4.78 is 50.7. The average molecular weight is 760 g/mol. The number of piperidine rings is 2. The Hall–Kier alpha value is -5.70. The highest BCUT2D eigenvalue weighted by Gasteiger charge is 2.41. The predicted octanol–water partition coefficient (Wildman–Crippen LogP) is 6.29. The fraction of sp³-hybridized carbons (Fsp3) is 0.375. The van der Waals surface area contributed by atoms with E-state index in [-0.39, 0.29) is 35.0 Å². The summed E-state index contributed by atoms with van der Waals surface area (Å²) in [4.78, 5) is 50.6. The number of allylic oxidation sites excluding steroid dienone is 1. The number of ether oxygens (including phenoxy) is 2. The van der Waals surface area contributed by atoms with Crippen molar-refractivity contribution in [1.82, 2.24) is 20.1 Å². The van der Waals surface area contributed by atoms with Gasteiger partial charge in [-0.1, -0.05) is 19.2 Å². The lowest BCUT2D eigenvalue weighted by Gasteiger charge is -2.31. The molecular formula is C40H44F3N7O5. The van der Waals surface area contributed by atoms with Gasteiger partial charge in [-0.2, -0.15) is 13.2 Å². The van der Waals surface area contributed by atoms with Gasteiger partial charge in [0, 0.05) is 59.1 Å². The molecule has 0 radical (unpaired) electrons. The number of pyridine rings is 1. The van der Waals surface area contributed by atoms with E-state index in [0.29, 0.717) is 59.0 Å². The molecule has 12 nitrogen and oxygen atoms in total. The van der Waals surface area contributed by atoms with E-state index in [1.807, 2.05) is 6.07 Å². The van der Waals surface area contributed by atoms with Crippen molar-refractivity contribution >= 4 is 41.0 Å². The first-order valence-corrected chi connectivity index (χ1v) is 18.2. The van der Waals surface area contributed by atoms with Gasteiger partial charge >= 0.3 is 6.18 Å². The van der Waals surface area contributed by atoms with Crippen LogP contribution in [0.4, 0.5) is 24.5 Å². The minimum absolute atomic E-state index is 0.0871. The number of nitrogens with zero attached hydrogens (tertiary/aromatic N) is 4. The van der Waals surface area contributed by atoms with Crippen LogP contribution >= 0.6 is 0 Å². The Labute approximate surface area is 317 Å². The van der Waals surface area contributed by atoms with Crippen LogP contribution in [0.2, 0.25) is 0 Å². The molecule has 3 aliphatic heterocycles. The van der Waals surface area contributed by atoms with E-state index in [0.717, 1.165) is 63.9 Å². The number of fused-ring (bicyclic) bond motifs is 1. The molecule has 6 rings (SSSR count). The number of alkyl halides is 3. The van der Waals surface area contributed by atoms with E-state index in [2.05, 4.69) is 33.7 Å². The number of hydrogen-bond acceptors (Lipinski definition) is 9. The number of carbonyl (C=O) groups is 3. The third-order valence-corrected chi connectivity index (χ3v) is 9.97. The Bertz CT molecular complexity index is 2010. The van der Waals surface area contributed by atoms with Crippen molar-refractivity contribution < 1.29 is 37.0 Å². The Balaban J connectivity index is 0.922. The second-order valence-electron chi connectivity index (χ2n) is 13.8. The maximum Gasteiger partial charge on any atom is 0.433 e. The SMILES string of the molecule is C=C1CCC(N2C(=C)c3cc(OCCCCCN4CCC(N=Cc5cc(NC(=O)c6cccc(C(F)(F)F)n6)c(OC)cc5N)CC4)ccc3C2=O)C(=O)N1. The number of likely N-dealkylation sites (tertiary alicyclic amines) is 1. The van der Waals surface area contributed by atoms with Gasteiger partial charge in [-0.25, -0.2) is 4.98 Å². The Kier molecular flexibility index (Phi) is 11.9. The number of nitrogen functional groups attached to an aromatic ring is 1. The fourth-order valence-electron chi connectivity index (χ4n) is 6.94. The van der Waals surface area contributed by atoms with Gasteiger partial charge in [0.1, 0.15) is 28.9 Å². The average Bonchev–Trinajstić information content (AvgIpc) is 3.41. The van der Waals surface area contributed by atoms with E-state index in [1.165, 1.54) is 24.1 Å². The number of nitrogens with one attached hydrogen (secondary N) is 2. The number of anilines is 2. The molecule has 2 saturated heterocycles. The highest BCUT2D eigenvalue weighted by atomic mass is 19.4. The molecule has 0 spiro atoms. The number of aliphatic imine (C=N–C) groups is 1. The number of unbranched alkanes of at least 4 members (excludes halogenated alkanes) is 2. The summed E-state index contributed by atoms with van der Waals surface area (Å²) in [6.07, 6.45) is 2.70. The number of aromatic nitrogens is 1. The number of amides is 3. The standard InChI is InChI=1S/C40H44F3N7O5/c1-24-10-13-34(38(52)46-24)50-25(2)30-21-28(11-12-29(30)39(50)53)55-19-6-4-5-16-49-17-14-27(15-18-49)45-23-26-20-33(35(54-3)22-31(26)44)48-37(51)32-8-7-9-36(47-32)40(41,42)43/h7-9,11-12,20-23,27,34H,1-2,4-6,10,13-19,44H2,3H3,(H,46,52)(H,48,51). The molecular weight excluding hydrogens is 715 g/mol. The number of carbonyl (C=O) groups excluding carboxylic acids is 3. The van der Waals surface area contributed by atoms with Crippen LogP contribution in [0.25, 0.3) is 5.70 Å². The van der Waals surface area contributed by atoms with Gasteiger partial charge in [0.2, 0.25) is 5.91 Å². The molecule has 0 aliphatic carbocycles. The summed E-state index contributed by atoms with van der Waals surface area (Å²) in [6.45, 7) is 11.2. The number of benzene rings is 2. The lowest BCUT2D eigenvalue weighted by atomic mass is 10.0. The first-order chi connectivity index (χ1) is 26.3. The molecule has 15 heteroatoms. The van der Waals surface area contributed by atoms with Crippen LogP contribution < -0.4 is 25.8 Å². The first kappa shape index (κ1) is 39.0. The molecule has 0 saturated carbocycles. The third-order valence-electron chi connectivity index (χ3n) is 9.97. The second kappa shape index (κ2) is 16.8. The van der Waals surface area contributed by atoms with Crippen molar-refractivity contribution in [1.29, 1.82) is 0 Å². The highest BCUT2D eigenvalue weighted by Crippen LogP contribution is 2.37. The van der Waals surface area contributed by atoms with Gasteiger partial charge in [0.05, 0.1) is 25.4 Å². The second-order valence-corrected chi connectivity index (χ2v) is 13.8. The Morgan fingerprint density at radius 3 is 2.58 bits per heavy atom. The van der Waals surface area contributed by atoms with Crippen LogP contribution in [0.1, 0.15) is 82.6 Å². The topological polar surface area (TPSA) is 151 Å². The fourth-order valence-corrected chi connectivity index (χ4v) is 6.94. The van der Waals surface area contributed by atoms with Crippen molar-refractivity contribution in [2.75, 3.05) is 44.4 Å². The van der Waals surface area contributed by atoms with Crippen molar-refractivity contribution in [3.8, 4) is 11.5 Å². The zero-order valence-corrected chi connectivity index (χ0v) is 30.6. The molecule has 2 aromatic carbocycles. The summed E-state index contributed by atoms with van der Waals surface area (Å²) >= 11 is 0. The van der Waals surface area contributed by atoms with Crippen LogP contribution in [-0.2, 0) is 11.0 Å². The van der Waals surface area contributed by atoms with Crippen LogP contribution in [0, 0.1) is 0 Å². The Morgan fingerprint density at radius 2 is 1.85 bits per heavy atom. The van der Waals surface area contributed by atoms with Gasteiger partial charge in [-0.05, 0) is 87.9 Å². The number of methoxy groups -OCH3 is 1. The normalized spacial score (nSPS) is 18.1. The van der Waals surface area contributed by atoms with Gasteiger partial charge in [0.25, 0.3) is 11.8 Å². The molecule has 0 bridgehead atoms. The minimum atomic E-state index is -4.68. The quantitative estimate of drug-likeness (QED) is 0.105. The highest BCUT2D eigenvalue weighted by molar-refractivity contribution is 6.11.